The number of rotatable bonds is 3. The highest BCUT2D eigenvalue weighted by molar-refractivity contribution is 6.30. The number of aromatic nitrogens is 3. The van der Waals surface area contributed by atoms with E-state index in [1.165, 1.54) is 0 Å². The van der Waals surface area contributed by atoms with Gasteiger partial charge in [-0.2, -0.15) is 4.98 Å². The van der Waals surface area contributed by atoms with Crippen LogP contribution in [0.1, 0.15) is 6.92 Å². The molecule has 6 nitrogen and oxygen atoms in total. The van der Waals surface area contributed by atoms with Crippen LogP contribution in [0.3, 0.4) is 0 Å². The zero-order chi connectivity index (χ0) is 18.1. The first-order valence-electron chi connectivity index (χ1n) is 8.78. The maximum atomic E-state index is 12.8. The molecule has 1 saturated heterocycles. The van der Waals surface area contributed by atoms with Crippen molar-refractivity contribution >= 4 is 28.6 Å². The molecule has 7 heteroatoms. The molecule has 2 aromatic heterocycles. The van der Waals surface area contributed by atoms with Crippen LogP contribution in [-0.4, -0.2) is 52.6 Å². The van der Waals surface area contributed by atoms with Gasteiger partial charge in [0.2, 0.25) is 5.95 Å². The Bertz CT molecular complexity index is 977. The van der Waals surface area contributed by atoms with Crippen LogP contribution in [-0.2, 0) is 0 Å². The lowest BCUT2D eigenvalue weighted by atomic mass is 10.0. The monoisotopic (exact) mass is 369 g/mol. The van der Waals surface area contributed by atoms with Crippen LogP contribution in [0.4, 0.5) is 5.95 Å². The number of H-pyrrole nitrogens is 1. The first kappa shape index (κ1) is 17.0. The third-order valence-electron chi connectivity index (χ3n) is 4.87. The highest BCUT2D eigenvalue weighted by Crippen LogP contribution is 2.26. The minimum absolute atomic E-state index is 0.166. The quantitative estimate of drug-likeness (QED) is 0.769. The fourth-order valence-electron chi connectivity index (χ4n) is 3.35. The lowest BCUT2D eigenvalue weighted by Gasteiger charge is -2.34. The Morgan fingerprint density at radius 1 is 1.12 bits per heavy atom. The number of fused-ring (bicyclic) bond motifs is 1. The minimum atomic E-state index is -0.166. The number of aromatic amines is 1. The van der Waals surface area contributed by atoms with Gasteiger partial charge in [0.1, 0.15) is 0 Å². The van der Waals surface area contributed by atoms with Gasteiger partial charge in [0.05, 0.1) is 5.39 Å². The number of hydrogen-bond acceptors (Lipinski definition) is 5. The summed E-state index contributed by atoms with van der Waals surface area (Å²) in [6.45, 7) is 6.83. The van der Waals surface area contributed by atoms with Crippen LogP contribution in [0.15, 0.2) is 41.3 Å². The first-order valence-corrected chi connectivity index (χ1v) is 9.16. The average molecular weight is 370 g/mol. The van der Waals surface area contributed by atoms with E-state index >= 15 is 0 Å². The van der Waals surface area contributed by atoms with Crippen LogP contribution < -0.4 is 10.5 Å². The molecule has 0 bridgehead atoms. The van der Waals surface area contributed by atoms with Gasteiger partial charge in [-0.05, 0) is 35.9 Å². The van der Waals surface area contributed by atoms with Crippen LogP contribution in [0, 0.1) is 0 Å². The summed E-state index contributed by atoms with van der Waals surface area (Å²) in [5.74, 6) is 0.596. The molecule has 1 N–H and O–H groups in total. The van der Waals surface area contributed by atoms with Crippen molar-refractivity contribution in [3.8, 4) is 11.1 Å². The summed E-state index contributed by atoms with van der Waals surface area (Å²) >= 11 is 5.97. The van der Waals surface area contributed by atoms with E-state index in [1.807, 2.05) is 30.3 Å². The number of nitrogens with zero attached hydrogens (tertiary/aromatic N) is 4. The number of pyridine rings is 1. The summed E-state index contributed by atoms with van der Waals surface area (Å²) in [6, 6.07) is 9.25. The average Bonchev–Trinajstić information content (AvgIpc) is 2.68. The first-order chi connectivity index (χ1) is 12.7. The molecular formula is C19H20ClN5O. The zero-order valence-corrected chi connectivity index (χ0v) is 15.3. The van der Waals surface area contributed by atoms with Crippen molar-refractivity contribution < 1.29 is 0 Å². The van der Waals surface area contributed by atoms with Gasteiger partial charge in [-0.25, -0.2) is 4.98 Å². The number of benzene rings is 1. The van der Waals surface area contributed by atoms with E-state index in [-0.39, 0.29) is 5.56 Å². The third-order valence-corrected chi connectivity index (χ3v) is 5.12. The Morgan fingerprint density at radius 3 is 2.54 bits per heavy atom. The molecule has 26 heavy (non-hydrogen) atoms. The second kappa shape index (κ2) is 7.05. The molecule has 0 unspecified atom stereocenters. The van der Waals surface area contributed by atoms with Gasteiger partial charge in [-0.1, -0.05) is 30.7 Å². The number of anilines is 1. The Kier molecular flexibility index (Phi) is 4.61. The van der Waals surface area contributed by atoms with E-state index in [4.69, 9.17) is 11.6 Å². The molecule has 1 aliphatic rings. The molecule has 0 saturated carbocycles. The number of halogens is 1. The molecule has 0 radical (unpaired) electrons. The number of likely N-dealkylation sites (N-methyl/N-ethyl adjacent to an activating group) is 1. The Morgan fingerprint density at radius 2 is 1.85 bits per heavy atom. The lowest BCUT2D eigenvalue weighted by Crippen LogP contribution is -2.47. The van der Waals surface area contributed by atoms with Gasteiger partial charge in [-0.3, -0.25) is 9.78 Å². The fourth-order valence-corrected chi connectivity index (χ4v) is 3.47. The van der Waals surface area contributed by atoms with Gasteiger partial charge in [0, 0.05) is 37.4 Å². The molecule has 4 rings (SSSR count). The Labute approximate surface area is 156 Å². The predicted octanol–water partition coefficient (Wildman–Crippen LogP) is 2.78. The van der Waals surface area contributed by atoms with Crippen molar-refractivity contribution in [2.45, 2.75) is 6.92 Å². The largest absolute Gasteiger partial charge is 0.340 e. The third kappa shape index (κ3) is 3.18. The standard InChI is InChI=1S/C19H20ClN5O/c1-2-24-9-11-25(12-10-24)19-22-17-16(18(26)23-19)15(7-8-21-17)13-3-5-14(20)6-4-13/h3-8H,2,9-12H2,1H3,(H,21,22,23,26). The van der Waals surface area contributed by atoms with E-state index < -0.39 is 0 Å². The Hall–Kier alpha value is -2.44. The van der Waals surface area contributed by atoms with Gasteiger partial charge >= 0.3 is 0 Å². The number of nitrogens with one attached hydrogen (secondary N) is 1. The normalized spacial score (nSPS) is 15.5. The number of piperazine rings is 1. The maximum absolute atomic E-state index is 12.8. The predicted molar refractivity (Wildman–Crippen MR) is 105 cm³/mol. The van der Waals surface area contributed by atoms with Crippen molar-refractivity contribution in [1.82, 2.24) is 19.9 Å². The van der Waals surface area contributed by atoms with E-state index in [1.54, 1.807) is 6.20 Å². The lowest BCUT2D eigenvalue weighted by molar-refractivity contribution is 0.270. The van der Waals surface area contributed by atoms with E-state index in [2.05, 4.69) is 31.7 Å². The minimum Gasteiger partial charge on any atom is -0.340 e. The van der Waals surface area contributed by atoms with Crippen molar-refractivity contribution in [2.75, 3.05) is 37.6 Å². The van der Waals surface area contributed by atoms with Crippen molar-refractivity contribution in [3.05, 3.63) is 51.9 Å². The molecule has 1 aromatic carbocycles. The summed E-state index contributed by atoms with van der Waals surface area (Å²) in [4.78, 5) is 29.2. The van der Waals surface area contributed by atoms with E-state index in [0.29, 0.717) is 22.0 Å². The second-order valence-electron chi connectivity index (χ2n) is 6.37. The molecule has 1 fully saturated rings. The van der Waals surface area contributed by atoms with E-state index in [9.17, 15) is 4.79 Å². The molecule has 1 aliphatic heterocycles. The van der Waals surface area contributed by atoms with Crippen molar-refractivity contribution in [1.29, 1.82) is 0 Å². The van der Waals surface area contributed by atoms with Crippen molar-refractivity contribution in [2.24, 2.45) is 0 Å². The van der Waals surface area contributed by atoms with Crippen LogP contribution in [0.5, 0.6) is 0 Å². The molecule has 3 aromatic rings. The highest BCUT2D eigenvalue weighted by Gasteiger charge is 2.19. The smallest absolute Gasteiger partial charge is 0.262 e. The topological polar surface area (TPSA) is 65.1 Å². The molecular weight excluding hydrogens is 350 g/mol. The summed E-state index contributed by atoms with van der Waals surface area (Å²) in [6.07, 6.45) is 1.69. The fraction of sp³-hybridized carbons (Fsp3) is 0.316. The van der Waals surface area contributed by atoms with Gasteiger partial charge in [0.15, 0.2) is 5.65 Å². The second-order valence-corrected chi connectivity index (χ2v) is 6.81. The molecule has 134 valence electrons. The maximum Gasteiger partial charge on any atom is 0.262 e. The van der Waals surface area contributed by atoms with Gasteiger partial charge in [0.25, 0.3) is 5.56 Å². The van der Waals surface area contributed by atoms with Crippen LogP contribution in [0.2, 0.25) is 5.02 Å². The number of hydrogen-bond donors (Lipinski definition) is 1. The van der Waals surface area contributed by atoms with E-state index in [0.717, 1.165) is 43.9 Å². The van der Waals surface area contributed by atoms with Crippen LogP contribution >= 0.6 is 11.6 Å². The Balaban J connectivity index is 1.75. The highest BCUT2D eigenvalue weighted by atomic mass is 35.5. The van der Waals surface area contributed by atoms with Crippen molar-refractivity contribution in [3.63, 3.8) is 0 Å². The molecule has 0 atom stereocenters. The molecule has 0 aliphatic carbocycles. The zero-order valence-electron chi connectivity index (χ0n) is 14.6. The molecule has 0 amide bonds. The van der Waals surface area contributed by atoms with Gasteiger partial charge < -0.3 is 9.80 Å². The van der Waals surface area contributed by atoms with Crippen LogP contribution in [0.25, 0.3) is 22.2 Å². The molecule has 0 spiro atoms. The molecule has 3 heterocycles. The summed E-state index contributed by atoms with van der Waals surface area (Å²) in [5.41, 5.74) is 2.02. The summed E-state index contributed by atoms with van der Waals surface area (Å²) in [7, 11) is 0. The summed E-state index contributed by atoms with van der Waals surface area (Å²) < 4.78 is 0. The summed E-state index contributed by atoms with van der Waals surface area (Å²) in [5, 5.41) is 1.17. The van der Waals surface area contributed by atoms with Gasteiger partial charge in [-0.15, -0.1) is 0 Å². The SMILES string of the molecule is CCN1CCN(c2nc3nccc(-c4ccc(Cl)cc4)c3c(=O)[nH]2)CC1.